The summed E-state index contributed by atoms with van der Waals surface area (Å²) in [7, 11) is 0. The summed E-state index contributed by atoms with van der Waals surface area (Å²) in [5.41, 5.74) is 6.54. The van der Waals surface area contributed by atoms with Gasteiger partial charge in [0, 0.05) is 6.54 Å². The molecule has 3 amide bonds. The van der Waals surface area contributed by atoms with Crippen molar-refractivity contribution in [3.63, 3.8) is 0 Å². The van der Waals surface area contributed by atoms with Crippen LogP contribution in [0.4, 0.5) is 4.79 Å². The maximum absolute atomic E-state index is 12.3. The first-order valence-electron chi connectivity index (χ1n) is 15.8. The molecule has 0 unspecified atom stereocenters. The fraction of sp³-hybridized carbons (Fsp3) is 0.515. The molecule has 1 heterocycles. The largest absolute Gasteiger partial charge is 0.504 e. The molecule has 0 spiro atoms. The number of fused-ring (bicyclic) bond motifs is 1. The number of nitrogens with one attached hydrogen (secondary N) is 3. The zero-order chi connectivity index (χ0) is 35.6. The first kappa shape index (κ1) is 38.8. The molecule has 49 heavy (non-hydrogen) atoms. The van der Waals surface area contributed by atoms with Gasteiger partial charge in [-0.05, 0) is 63.1 Å². The van der Waals surface area contributed by atoms with Crippen molar-refractivity contribution in [3.05, 3.63) is 58.1 Å². The number of amides is 3. The summed E-state index contributed by atoms with van der Waals surface area (Å²) in [6.45, 7) is 9.72. The highest BCUT2D eigenvalue weighted by Crippen LogP contribution is 2.27. The van der Waals surface area contributed by atoms with E-state index in [0.29, 0.717) is 56.3 Å². The SMILES string of the molecule is Cc1ccc2oc(=O)n(Cc3ccc(OCC(=O)NCCOCCOCCOCCOCCC(=O)NNC(=O)OC(C)(C)C)c(O)c3)c2c1. The number of rotatable bonds is 20. The Kier molecular flexibility index (Phi) is 15.8. The summed E-state index contributed by atoms with van der Waals surface area (Å²) >= 11 is 0. The number of nitrogens with zero attached hydrogens (tertiary/aromatic N) is 1. The van der Waals surface area contributed by atoms with Crippen LogP contribution >= 0.6 is 0 Å². The van der Waals surface area contributed by atoms with E-state index in [1.54, 1.807) is 39.0 Å². The molecule has 0 radical (unpaired) electrons. The lowest BCUT2D eigenvalue weighted by atomic mass is 10.2. The van der Waals surface area contributed by atoms with E-state index in [9.17, 15) is 24.3 Å². The van der Waals surface area contributed by atoms with Gasteiger partial charge in [-0.25, -0.2) is 15.0 Å². The van der Waals surface area contributed by atoms with Crippen LogP contribution in [0, 0.1) is 6.92 Å². The Morgan fingerprint density at radius 1 is 0.837 bits per heavy atom. The van der Waals surface area contributed by atoms with Crippen LogP contribution in [0.15, 0.2) is 45.6 Å². The van der Waals surface area contributed by atoms with E-state index in [4.69, 9.17) is 32.8 Å². The molecule has 1 aromatic heterocycles. The number of hydrogen-bond acceptors (Lipinski definition) is 12. The van der Waals surface area contributed by atoms with Crippen molar-refractivity contribution < 1.29 is 52.3 Å². The maximum Gasteiger partial charge on any atom is 0.426 e. The monoisotopic (exact) mass is 690 g/mol. The average Bonchev–Trinajstić information content (AvgIpc) is 3.34. The highest BCUT2D eigenvalue weighted by atomic mass is 16.6. The minimum Gasteiger partial charge on any atom is -0.504 e. The molecule has 0 aliphatic heterocycles. The van der Waals surface area contributed by atoms with Crippen LogP contribution < -0.4 is 26.7 Å². The van der Waals surface area contributed by atoms with E-state index in [-0.39, 0.29) is 56.7 Å². The van der Waals surface area contributed by atoms with Gasteiger partial charge in [-0.3, -0.25) is 19.6 Å². The Morgan fingerprint density at radius 3 is 2.14 bits per heavy atom. The van der Waals surface area contributed by atoms with E-state index in [1.165, 1.54) is 10.6 Å². The summed E-state index contributed by atoms with van der Waals surface area (Å²) < 4.78 is 38.8. The van der Waals surface area contributed by atoms with Gasteiger partial charge in [-0.15, -0.1) is 0 Å². The first-order chi connectivity index (χ1) is 23.4. The van der Waals surface area contributed by atoms with Crippen molar-refractivity contribution in [2.24, 2.45) is 0 Å². The lowest BCUT2D eigenvalue weighted by molar-refractivity contribution is -0.124. The number of phenolic OH excluding ortho intramolecular Hbond substituents is 1. The minimum atomic E-state index is -0.744. The van der Waals surface area contributed by atoms with Crippen LogP contribution in [0.2, 0.25) is 0 Å². The van der Waals surface area contributed by atoms with Crippen molar-refractivity contribution in [2.75, 3.05) is 66.0 Å². The van der Waals surface area contributed by atoms with Crippen molar-refractivity contribution in [1.29, 1.82) is 0 Å². The zero-order valence-electron chi connectivity index (χ0n) is 28.3. The Hall–Kier alpha value is -4.64. The number of oxazole rings is 1. The summed E-state index contributed by atoms with van der Waals surface area (Å²) in [6, 6.07) is 10.2. The van der Waals surface area contributed by atoms with E-state index in [0.717, 1.165) is 5.56 Å². The van der Waals surface area contributed by atoms with Crippen molar-refractivity contribution >= 4 is 29.0 Å². The molecule has 0 saturated carbocycles. The third kappa shape index (κ3) is 15.0. The van der Waals surface area contributed by atoms with Crippen LogP contribution in [-0.2, 0) is 39.8 Å². The average molecular weight is 691 g/mol. The number of carbonyl (C=O) groups excluding carboxylic acids is 3. The second-order valence-corrected chi connectivity index (χ2v) is 11.7. The number of hydrazine groups is 1. The predicted molar refractivity (Wildman–Crippen MR) is 176 cm³/mol. The molecule has 16 nitrogen and oxygen atoms in total. The third-order valence-electron chi connectivity index (χ3n) is 6.41. The fourth-order valence-electron chi connectivity index (χ4n) is 4.16. The summed E-state index contributed by atoms with van der Waals surface area (Å²) in [6.07, 6.45) is -0.681. The maximum atomic E-state index is 12.3. The smallest absolute Gasteiger partial charge is 0.426 e. The van der Waals surface area contributed by atoms with Crippen molar-refractivity contribution in [1.82, 2.24) is 20.7 Å². The van der Waals surface area contributed by atoms with E-state index < -0.39 is 23.4 Å². The highest BCUT2D eigenvalue weighted by Gasteiger charge is 2.16. The standard InChI is InChI=1S/C33H46N4O12/c1-23-5-7-27-25(19-23)37(32(42)48-27)21-24-6-8-28(26(38)20-24)47-22-30(40)34-10-12-44-14-16-46-18-17-45-15-13-43-11-9-29(39)35-36-31(41)49-33(2,3)4/h5-8,19-20,38H,9-18,21-22H2,1-4H3,(H,34,40)(H,35,39)(H,36,41). The topological polar surface area (TPSA) is 198 Å². The lowest BCUT2D eigenvalue weighted by Crippen LogP contribution is -2.44. The molecular formula is C33H46N4O12. The number of phenols is 1. The van der Waals surface area contributed by atoms with Crippen LogP contribution in [0.1, 0.15) is 38.3 Å². The Bertz CT molecular complexity index is 1560. The van der Waals surface area contributed by atoms with Gasteiger partial charge in [-0.1, -0.05) is 12.1 Å². The van der Waals surface area contributed by atoms with Crippen molar-refractivity contribution in [2.45, 2.75) is 46.3 Å². The molecule has 0 aliphatic rings. The van der Waals surface area contributed by atoms with Gasteiger partial charge in [0.05, 0.1) is 71.3 Å². The molecule has 4 N–H and O–H groups in total. The summed E-state index contributed by atoms with van der Waals surface area (Å²) in [5, 5.41) is 13.1. The van der Waals surface area contributed by atoms with E-state index in [2.05, 4.69) is 16.2 Å². The number of benzene rings is 2. The van der Waals surface area contributed by atoms with Crippen LogP contribution in [0.3, 0.4) is 0 Å². The fourth-order valence-corrected chi connectivity index (χ4v) is 4.16. The molecule has 270 valence electrons. The third-order valence-corrected chi connectivity index (χ3v) is 6.41. The number of hydrogen-bond donors (Lipinski definition) is 4. The molecule has 0 bridgehead atoms. The lowest BCUT2D eigenvalue weighted by Gasteiger charge is -2.19. The Labute approximate surface area is 283 Å². The summed E-state index contributed by atoms with van der Waals surface area (Å²) in [4.78, 5) is 47.6. The molecule has 0 fully saturated rings. The number of aromatic nitrogens is 1. The molecule has 0 atom stereocenters. The van der Waals surface area contributed by atoms with Crippen LogP contribution in [0.5, 0.6) is 11.5 Å². The van der Waals surface area contributed by atoms with Gasteiger partial charge >= 0.3 is 11.8 Å². The van der Waals surface area contributed by atoms with Gasteiger partial charge in [0.25, 0.3) is 5.91 Å². The molecule has 0 saturated heterocycles. The Balaban J connectivity index is 1.14. The molecule has 3 rings (SSSR count). The number of aryl methyl sites for hydroxylation is 1. The van der Waals surface area contributed by atoms with Gasteiger partial charge in [0.2, 0.25) is 5.91 Å². The zero-order valence-corrected chi connectivity index (χ0v) is 28.3. The van der Waals surface area contributed by atoms with Gasteiger partial charge in [-0.2, -0.15) is 0 Å². The Morgan fingerprint density at radius 2 is 1.49 bits per heavy atom. The molecule has 0 aliphatic carbocycles. The molecule has 2 aromatic carbocycles. The second kappa shape index (κ2) is 20.0. The number of carbonyl (C=O) groups is 3. The van der Waals surface area contributed by atoms with Gasteiger partial charge in [0.1, 0.15) is 5.60 Å². The minimum absolute atomic E-state index is 0.0630. The molecule has 3 aromatic rings. The van der Waals surface area contributed by atoms with Gasteiger partial charge < -0.3 is 43.3 Å². The quantitative estimate of drug-likeness (QED) is 0.0997. The molecule has 16 heteroatoms. The normalized spacial score (nSPS) is 11.3. The highest BCUT2D eigenvalue weighted by molar-refractivity contribution is 5.79. The van der Waals surface area contributed by atoms with Gasteiger partial charge in [0.15, 0.2) is 23.7 Å². The molecular weight excluding hydrogens is 644 g/mol. The van der Waals surface area contributed by atoms with Crippen molar-refractivity contribution in [3.8, 4) is 11.5 Å². The predicted octanol–water partition coefficient (Wildman–Crippen LogP) is 2.16. The number of ether oxygens (including phenoxy) is 6. The van der Waals surface area contributed by atoms with E-state index >= 15 is 0 Å². The second-order valence-electron chi connectivity index (χ2n) is 11.7. The van der Waals surface area contributed by atoms with Crippen LogP contribution in [-0.4, -0.2) is 99.2 Å². The van der Waals surface area contributed by atoms with Crippen LogP contribution in [0.25, 0.3) is 11.1 Å². The van der Waals surface area contributed by atoms with E-state index in [1.807, 2.05) is 19.1 Å². The summed E-state index contributed by atoms with van der Waals surface area (Å²) in [5.74, 6) is -1.30. The first-order valence-corrected chi connectivity index (χ1v) is 15.8. The number of aromatic hydroxyl groups is 1.